The quantitative estimate of drug-likeness (QED) is 0.230. The van der Waals surface area contributed by atoms with Crippen molar-refractivity contribution >= 4 is 11.6 Å². The lowest BCUT2D eigenvalue weighted by atomic mass is 9.49. The molecule has 4 aliphatic rings. The number of halogens is 1. The molecule has 1 heteroatoms. The molecule has 0 saturated heterocycles. The first-order valence-corrected chi connectivity index (χ1v) is 15.4. The molecule has 0 N–H and O–H groups in total. The summed E-state index contributed by atoms with van der Waals surface area (Å²) < 4.78 is 0. The lowest BCUT2D eigenvalue weighted by molar-refractivity contribution is 0.0426. The van der Waals surface area contributed by atoms with Crippen LogP contribution in [0.3, 0.4) is 0 Å². The summed E-state index contributed by atoms with van der Waals surface area (Å²) in [5, 5.41) is 0.816. The van der Waals surface area contributed by atoms with Crippen LogP contribution in [0.2, 0.25) is 5.02 Å². The van der Waals surface area contributed by atoms with Gasteiger partial charge in [0.05, 0.1) is 0 Å². The van der Waals surface area contributed by atoms with E-state index < -0.39 is 0 Å². The standard InChI is InChI=1S/C38H37Cl/c1-22-15-24-17-23(2)38(27(16-22)18-24)33-8-6-5-7-29(33)32-19-25(10-14-34(32)38)26-9-12-30-31-13-11-28(39)21-36(31)37(3,4)35(30)20-26/h5-14,19-24,27H,15-18H2,1-4H3. The number of hydrogen-bond donors (Lipinski definition) is 0. The van der Waals surface area contributed by atoms with E-state index in [4.69, 9.17) is 11.6 Å². The number of rotatable bonds is 1. The largest absolute Gasteiger partial charge is 0.0843 e. The summed E-state index contributed by atoms with van der Waals surface area (Å²) in [7, 11) is 0. The molecule has 39 heavy (non-hydrogen) atoms. The van der Waals surface area contributed by atoms with E-state index >= 15 is 0 Å². The number of hydrogen-bond acceptors (Lipinski definition) is 0. The van der Waals surface area contributed by atoms with Gasteiger partial charge >= 0.3 is 0 Å². The summed E-state index contributed by atoms with van der Waals surface area (Å²) in [6.07, 6.45) is 5.55. The Kier molecular flexibility index (Phi) is 4.99. The molecule has 5 unspecified atom stereocenters. The van der Waals surface area contributed by atoms with Crippen molar-refractivity contribution < 1.29 is 0 Å². The third-order valence-corrected chi connectivity index (χ3v) is 11.5. The summed E-state index contributed by atoms with van der Waals surface area (Å²) in [4.78, 5) is 0. The predicted molar refractivity (Wildman–Crippen MR) is 164 cm³/mol. The second kappa shape index (κ2) is 8.11. The van der Waals surface area contributed by atoms with Gasteiger partial charge < -0.3 is 0 Å². The van der Waals surface area contributed by atoms with Crippen LogP contribution in [0.4, 0.5) is 0 Å². The van der Waals surface area contributed by atoms with Crippen molar-refractivity contribution in [3.63, 3.8) is 0 Å². The molecule has 8 rings (SSSR count). The first-order chi connectivity index (χ1) is 18.8. The zero-order valence-electron chi connectivity index (χ0n) is 23.5. The van der Waals surface area contributed by atoms with Gasteiger partial charge in [-0.2, -0.15) is 0 Å². The fourth-order valence-corrected chi connectivity index (χ4v) is 9.96. The normalized spacial score (nSPS) is 29.1. The molecule has 0 aromatic heterocycles. The first-order valence-electron chi connectivity index (χ1n) is 15.0. The minimum absolute atomic E-state index is 0.0648. The maximum absolute atomic E-state index is 6.43. The van der Waals surface area contributed by atoms with E-state index in [0.717, 1.165) is 22.8 Å². The van der Waals surface area contributed by atoms with Crippen molar-refractivity contribution in [3.05, 3.63) is 106 Å². The molecule has 1 spiro atoms. The second-order valence-corrected chi connectivity index (χ2v) is 14.2. The van der Waals surface area contributed by atoms with Gasteiger partial charge in [0.25, 0.3) is 0 Å². The molecular formula is C38H37Cl. The molecule has 0 radical (unpaired) electrons. The van der Waals surface area contributed by atoms with E-state index in [9.17, 15) is 0 Å². The van der Waals surface area contributed by atoms with Crippen LogP contribution in [0.1, 0.15) is 75.6 Å². The van der Waals surface area contributed by atoms with Crippen LogP contribution in [0.25, 0.3) is 33.4 Å². The van der Waals surface area contributed by atoms with Crippen LogP contribution in [0.5, 0.6) is 0 Å². The molecule has 196 valence electrons. The molecule has 2 saturated carbocycles. The Morgan fingerprint density at radius 2 is 1.28 bits per heavy atom. The minimum atomic E-state index is -0.0648. The second-order valence-electron chi connectivity index (χ2n) is 13.8. The smallest absolute Gasteiger partial charge is 0.0409 e. The van der Waals surface area contributed by atoms with Crippen LogP contribution in [0.15, 0.2) is 78.9 Å². The van der Waals surface area contributed by atoms with Gasteiger partial charge in [0.15, 0.2) is 0 Å². The Morgan fingerprint density at radius 3 is 2.13 bits per heavy atom. The molecular weight excluding hydrogens is 492 g/mol. The van der Waals surface area contributed by atoms with Crippen molar-refractivity contribution in [1.29, 1.82) is 0 Å². The summed E-state index contributed by atoms with van der Waals surface area (Å²) in [5.74, 6) is 3.16. The zero-order chi connectivity index (χ0) is 26.7. The van der Waals surface area contributed by atoms with E-state index in [-0.39, 0.29) is 10.8 Å². The van der Waals surface area contributed by atoms with Gasteiger partial charge in [-0.3, -0.25) is 0 Å². The fourth-order valence-electron chi connectivity index (χ4n) is 9.79. The lowest BCUT2D eigenvalue weighted by Gasteiger charge is -2.54. The van der Waals surface area contributed by atoms with E-state index in [1.165, 1.54) is 70.2 Å². The average molecular weight is 529 g/mol. The highest BCUT2D eigenvalue weighted by Gasteiger charge is 2.56. The topological polar surface area (TPSA) is 0 Å². The van der Waals surface area contributed by atoms with Crippen molar-refractivity contribution in [3.8, 4) is 33.4 Å². The first kappa shape index (κ1) is 24.0. The van der Waals surface area contributed by atoms with Crippen LogP contribution in [-0.4, -0.2) is 0 Å². The Hall–Kier alpha value is -2.83. The molecule has 0 heterocycles. The Balaban J connectivity index is 1.28. The fraction of sp³-hybridized carbons (Fsp3) is 0.368. The minimum Gasteiger partial charge on any atom is -0.0843 e. The highest BCUT2D eigenvalue weighted by atomic mass is 35.5. The van der Waals surface area contributed by atoms with Crippen molar-refractivity contribution in [2.24, 2.45) is 23.7 Å². The number of fused-ring (bicyclic) bond motifs is 11. The van der Waals surface area contributed by atoms with E-state index in [2.05, 4.69) is 100 Å². The molecule has 2 bridgehead atoms. The van der Waals surface area contributed by atoms with Crippen LogP contribution in [0, 0.1) is 23.7 Å². The van der Waals surface area contributed by atoms with Crippen molar-refractivity contribution in [1.82, 2.24) is 0 Å². The van der Waals surface area contributed by atoms with Crippen molar-refractivity contribution in [2.75, 3.05) is 0 Å². The third-order valence-electron chi connectivity index (χ3n) is 11.2. The van der Waals surface area contributed by atoms with Gasteiger partial charge in [0, 0.05) is 15.9 Å². The average Bonchev–Trinajstić information content (AvgIpc) is 3.33. The SMILES string of the molecule is CC1CC2CC(C)C3(c4ccccc4-c4cc(-c5ccc6c(c5)C(C)(C)c5cc(Cl)ccc5-6)ccc43)C(C1)C2. The van der Waals surface area contributed by atoms with Crippen LogP contribution in [-0.2, 0) is 10.8 Å². The van der Waals surface area contributed by atoms with Crippen molar-refractivity contribution in [2.45, 2.75) is 64.2 Å². The monoisotopic (exact) mass is 528 g/mol. The maximum atomic E-state index is 6.43. The summed E-state index contributed by atoms with van der Waals surface area (Å²) in [6.45, 7) is 9.73. The van der Waals surface area contributed by atoms with E-state index in [1.807, 2.05) is 6.07 Å². The summed E-state index contributed by atoms with van der Waals surface area (Å²) in [6, 6.07) is 30.3. The summed E-state index contributed by atoms with van der Waals surface area (Å²) in [5.41, 5.74) is 14.3. The highest BCUT2D eigenvalue weighted by molar-refractivity contribution is 6.30. The summed E-state index contributed by atoms with van der Waals surface area (Å²) >= 11 is 6.43. The van der Waals surface area contributed by atoms with Gasteiger partial charge in [0.1, 0.15) is 0 Å². The van der Waals surface area contributed by atoms with E-state index in [1.54, 1.807) is 11.1 Å². The van der Waals surface area contributed by atoms with Gasteiger partial charge in [-0.05, 0) is 129 Å². The van der Waals surface area contributed by atoms with E-state index in [0.29, 0.717) is 5.92 Å². The molecule has 4 aliphatic carbocycles. The molecule has 4 aromatic carbocycles. The maximum Gasteiger partial charge on any atom is 0.0409 e. The van der Waals surface area contributed by atoms with Gasteiger partial charge in [-0.1, -0.05) is 93.9 Å². The third kappa shape index (κ3) is 3.13. The van der Waals surface area contributed by atoms with Crippen LogP contribution < -0.4 is 0 Å². The molecule has 0 nitrogen and oxygen atoms in total. The number of benzene rings is 4. The zero-order valence-corrected chi connectivity index (χ0v) is 24.3. The molecule has 4 aromatic rings. The predicted octanol–water partition coefficient (Wildman–Crippen LogP) is 10.7. The van der Waals surface area contributed by atoms with Gasteiger partial charge in [0.2, 0.25) is 0 Å². The lowest BCUT2D eigenvalue weighted by Crippen LogP contribution is -2.49. The van der Waals surface area contributed by atoms with Gasteiger partial charge in [-0.25, -0.2) is 0 Å². The Morgan fingerprint density at radius 1 is 0.615 bits per heavy atom. The van der Waals surface area contributed by atoms with Crippen LogP contribution >= 0.6 is 11.6 Å². The Bertz CT molecular complexity index is 1650. The van der Waals surface area contributed by atoms with Gasteiger partial charge in [-0.15, -0.1) is 0 Å². The molecule has 0 amide bonds. The molecule has 0 aliphatic heterocycles. The molecule has 2 fully saturated rings. The highest BCUT2D eigenvalue weighted by Crippen LogP contribution is 2.64. The Labute approximate surface area is 238 Å². The molecule has 5 atom stereocenters.